The van der Waals surface area contributed by atoms with E-state index in [0.717, 1.165) is 28.8 Å². The minimum Gasteiger partial charge on any atom is -0.389 e. The molecule has 1 aromatic rings. The normalized spacial score (nSPS) is 10.5. The average molecular weight is 343 g/mol. The Morgan fingerprint density at radius 3 is 2.26 bits per heavy atom. The van der Waals surface area contributed by atoms with Gasteiger partial charge in [-0.05, 0) is 40.9 Å². The molecule has 0 aliphatic rings. The Balaban J connectivity index is 3.06. The number of rotatable bonds is 8. The van der Waals surface area contributed by atoms with E-state index in [2.05, 4.69) is 40.7 Å². The Bertz CT molecular complexity index is 413. The second-order valence-corrected chi connectivity index (χ2v) is 5.99. The van der Waals surface area contributed by atoms with Crippen LogP contribution in [0.1, 0.15) is 45.1 Å². The van der Waals surface area contributed by atoms with Crippen LogP contribution in [0.5, 0.6) is 0 Å². The molecule has 106 valence electrons. The molecule has 0 atom stereocenters. The van der Waals surface area contributed by atoms with E-state index in [0.29, 0.717) is 4.99 Å². The first-order valence-corrected chi connectivity index (χ1v) is 8.15. The van der Waals surface area contributed by atoms with Gasteiger partial charge in [-0.25, -0.2) is 0 Å². The second-order valence-electron chi connectivity index (χ2n) is 4.69. The van der Waals surface area contributed by atoms with Crippen LogP contribution in [0.15, 0.2) is 22.7 Å². The Labute approximate surface area is 130 Å². The van der Waals surface area contributed by atoms with Gasteiger partial charge in [0, 0.05) is 28.8 Å². The van der Waals surface area contributed by atoms with E-state index < -0.39 is 0 Å². The number of benzene rings is 1. The zero-order valence-corrected chi connectivity index (χ0v) is 14.2. The highest BCUT2D eigenvalue weighted by Gasteiger charge is 2.14. The summed E-state index contributed by atoms with van der Waals surface area (Å²) in [5.41, 5.74) is 8.00. The van der Waals surface area contributed by atoms with Crippen molar-refractivity contribution in [3.8, 4) is 0 Å². The van der Waals surface area contributed by atoms with Crippen LogP contribution in [0.2, 0.25) is 0 Å². The molecule has 1 aromatic carbocycles. The Morgan fingerprint density at radius 2 is 1.79 bits per heavy atom. The molecule has 0 fully saturated rings. The van der Waals surface area contributed by atoms with Crippen molar-refractivity contribution >= 4 is 38.8 Å². The van der Waals surface area contributed by atoms with E-state index in [1.54, 1.807) is 0 Å². The summed E-state index contributed by atoms with van der Waals surface area (Å²) in [5.74, 6) is 0. The Hall–Kier alpha value is -0.610. The molecule has 2 nitrogen and oxygen atoms in total. The molecule has 19 heavy (non-hydrogen) atoms. The highest BCUT2D eigenvalue weighted by molar-refractivity contribution is 9.10. The molecule has 0 amide bonds. The lowest BCUT2D eigenvalue weighted by Crippen LogP contribution is -2.28. The topological polar surface area (TPSA) is 29.3 Å². The first-order valence-electron chi connectivity index (χ1n) is 6.95. The molecule has 0 bridgehead atoms. The molecule has 0 heterocycles. The van der Waals surface area contributed by atoms with Crippen molar-refractivity contribution in [2.75, 3.05) is 18.0 Å². The largest absolute Gasteiger partial charge is 0.389 e. The van der Waals surface area contributed by atoms with Crippen LogP contribution in [0.3, 0.4) is 0 Å². The van der Waals surface area contributed by atoms with Crippen LogP contribution in [-0.2, 0) is 0 Å². The van der Waals surface area contributed by atoms with Gasteiger partial charge in [0.25, 0.3) is 0 Å². The van der Waals surface area contributed by atoms with Crippen LogP contribution < -0.4 is 10.6 Å². The first-order chi connectivity index (χ1) is 9.11. The number of halogens is 1. The van der Waals surface area contributed by atoms with E-state index >= 15 is 0 Å². The molecule has 1 rings (SSSR count). The Morgan fingerprint density at radius 1 is 1.21 bits per heavy atom. The molecular weight excluding hydrogens is 320 g/mol. The van der Waals surface area contributed by atoms with Crippen molar-refractivity contribution in [1.82, 2.24) is 0 Å². The molecule has 0 saturated heterocycles. The van der Waals surface area contributed by atoms with Crippen molar-refractivity contribution < 1.29 is 0 Å². The van der Waals surface area contributed by atoms with E-state index in [1.165, 1.54) is 25.7 Å². The molecule has 0 saturated carbocycles. The lowest BCUT2D eigenvalue weighted by atomic mass is 10.1. The van der Waals surface area contributed by atoms with Crippen LogP contribution in [0, 0.1) is 0 Å². The van der Waals surface area contributed by atoms with Gasteiger partial charge in [0.2, 0.25) is 0 Å². The molecule has 0 aromatic heterocycles. The third-order valence-electron chi connectivity index (χ3n) is 3.14. The number of hydrogen-bond donors (Lipinski definition) is 1. The summed E-state index contributed by atoms with van der Waals surface area (Å²) in [7, 11) is 0. The van der Waals surface area contributed by atoms with E-state index in [-0.39, 0.29) is 0 Å². The number of hydrogen-bond acceptors (Lipinski definition) is 2. The fraction of sp³-hybridized carbons (Fsp3) is 0.533. The molecule has 4 heteroatoms. The molecule has 0 aliphatic heterocycles. The van der Waals surface area contributed by atoms with Crippen LogP contribution in [0.4, 0.5) is 5.69 Å². The van der Waals surface area contributed by atoms with Gasteiger partial charge in [0.1, 0.15) is 4.99 Å². The van der Waals surface area contributed by atoms with Crippen LogP contribution >= 0.6 is 28.1 Å². The van der Waals surface area contributed by atoms with Gasteiger partial charge in [-0.15, -0.1) is 0 Å². The number of thiocarbonyl (C=S) groups is 1. The third kappa shape index (κ3) is 4.77. The summed E-state index contributed by atoms with van der Waals surface area (Å²) >= 11 is 8.76. The first kappa shape index (κ1) is 16.4. The van der Waals surface area contributed by atoms with Crippen LogP contribution in [-0.4, -0.2) is 18.1 Å². The predicted molar refractivity (Wildman–Crippen MR) is 92.1 cm³/mol. The van der Waals surface area contributed by atoms with Crippen molar-refractivity contribution in [1.29, 1.82) is 0 Å². The molecule has 0 spiro atoms. The standard InChI is InChI=1S/C15H23BrN2S/c1-3-5-10-18(11-6-4-2)13-9-7-8-12(16)14(13)15(17)19/h7-9H,3-6,10-11H2,1-2H3,(H2,17,19). The maximum absolute atomic E-state index is 5.89. The van der Waals surface area contributed by atoms with Crippen molar-refractivity contribution in [3.05, 3.63) is 28.2 Å². The SMILES string of the molecule is CCCCN(CCCC)c1cccc(Br)c1C(N)=S. The van der Waals surface area contributed by atoms with Gasteiger partial charge in [-0.2, -0.15) is 0 Å². The maximum Gasteiger partial charge on any atom is 0.107 e. The highest BCUT2D eigenvalue weighted by atomic mass is 79.9. The molecule has 2 N–H and O–H groups in total. The lowest BCUT2D eigenvalue weighted by molar-refractivity contribution is 0.677. The van der Waals surface area contributed by atoms with Gasteiger partial charge in [-0.1, -0.05) is 45.0 Å². The monoisotopic (exact) mass is 342 g/mol. The summed E-state index contributed by atoms with van der Waals surface area (Å²) in [6.45, 7) is 6.55. The van der Waals surface area contributed by atoms with E-state index in [4.69, 9.17) is 18.0 Å². The zero-order valence-electron chi connectivity index (χ0n) is 11.8. The predicted octanol–water partition coefficient (Wildman–Crippen LogP) is 4.49. The minimum absolute atomic E-state index is 0.459. The highest BCUT2D eigenvalue weighted by Crippen LogP contribution is 2.28. The summed E-state index contributed by atoms with van der Waals surface area (Å²) in [5, 5.41) is 0. The van der Waals surface area contributed by atoms with Gasteiger partial charge in [0.05, 0.1) is 0 Å². The number of nitrogens with two attached hydrogens (primary N) is 1. The lowest BCUT2D eigenvalue weighted by Gasteiger charge is -2.27. The number of nitrogens with zero attached hydrogens (tertiary/aromatic N) is 1. The average Bonchev–Trinajstić information content (AvgIpc) is 2.38. The number of unbranched alkanes of at least 4 members (excludes halogenated alkanes) is 2. The van der Waals surface area contributed by atoms with Gasteiger partial charge in [-0.3, -0.25) is 0 Å². The summed E-state index contributed by atoms with van der Waals surface area (Å²) in [4.78, 5) is 2.87. The summed E-state index contributed by atoms with van der Waals surface area (Å²) in [6.07, 6.45) is 4.76. The van der Waals surface area contributed by atoms with Crippen molar-refractivity contribution in [2.45, 2.75) is 39.5 Å². The van der Waals surface area contributed by atoms with Gasteiger partial charge >= 0.3 is 0 Å². The van der Waals surface area contributed by atoms with Crippen molar-refractivity contribution in [2.24, 2.45) is 5.73 Å². The smallest absolute Gasteiger partial charge is 0.107 e. The van der Waals surface area contributed by atoms with E-state index in [9.17, 15) is 0 Å². The van der Waals surface area contributed by atoms with E-state index in [1.807, 2.05) is 12.1 Å². The van der Waals surface area contributed by atoms with Crippen LogP contribution in [0.25, 0.3) is 0 Å². The molecule has 0 radical (unpaired) electrons. The van der Waals surface area contributed by atoms with Crippen molar-refractivity contribution in [3.63, 3.8) is 0 Å². The fourth-order valence-corrected chi connectivity index (χ4v) is 2.99. The fourth-order valence-electron chi connectivity index (χ4n) is 2.07. The molecule has 0 unspecified atom stereocenters. The molecular formula is C15H23BrN2S. The minimum atomic E-state index is 0.459. The summed E-state index contributed by atoms with van der Waals surface area (Å²) in [6, 6.07) is 6.16. The number of anilines is 1. The molecule has 0 aliphatic carbocycles. The maximum atomic E-state index is 5.89. The van der Waals surface area contributed by atoms with Gasteiger partial charge < -0.3 is 10.6 Å². The Kier molecular flexibility index (Phi) is 7.39. The summed E-state index contributed by atoms with van der Waals surface area (Å²) < 4.78 is 0.982. The van der Waals surface area contributed by atoms with Gasteiger partial charge in [0.15, 0.2) is 0 Å². The second kappa shape index (κ2) is 8.54. The quantitative estimate of drug-likeness (QED) is 0.705. The zero-order chi connectivity index (χ0) is 14.3. The third-order valence-corrected chi connectivity index (χ3v) is 4.01.